The molecule has 0 aromatic carbocycles. The quantitative estimate of drug-likeness (QED) is 0.510. The van der Waals surface area contributed by atoms with Gasteiger partial charge in [0.05, 0.1) is 25.6 Å². The minimum absolute atomic E-state index is 0.0487. The number of hydrogen-bond acceptors (Lipinski definition) is 5. The van der Waals surface area contributed by atoms with E-state index in [9.17, 15) is 14.4 Å². The van der Waals surface area contributed by atoms with Crippen LogP contribution in [0, 0.1) is 0 Å². The zero-order valence-corrected chi connectivity index (χ0v) is 10.2. The second-order valence-corrected chi connectivity index (χ2v) is 3.91. The first-order chi connectivity index (χ1) is 8.08. The van der Waals surface area contributed by atoms with Crippen LogP contribution in [0.4, 0.5) is 0 Å². The first-order valence-electron chi connectivity index (χ1n) is 5.81. The SMILES string of the molecule is CCCN(CC(=O)OCC)C1CC(=O)NC1=O. The maximum atomic E-state index is 11.5. The van der Waals surface area contributed by atoms with Gasteiger partial charge in [-0.25, -0.2) is 0 Å². The Morgan fingerprint density at radius 1 is 1.47 bits per heavy atom. The lowest BCUT2D eigenvalue weighted by atomic mass is 10.2. The Balaban J connectivity index is 2.61. The average Bonchev–Trinajstić information content (AvgIpc) is 2.57. The van der Waals surface area contributed by atoms with Crippen molar-refractivity contribution in [2.24, 2.45) is 0 Å². The topological polar surface area (TPSA) is 75.7 Å². The highest BCUT2D eigenvalue weighted by Crippen LogP contribution is 2.11. The lowest BCUT2D eigenvalue weighted by molar-refractivity contribution is -0.145. The largest absolute Gasteiger partial charge is 0.465 e. The standard InChI is InChI=1S/C11H18N2O4/c1-3-5-13(7-10(15)17-4-2)8-6-9(14)12-11(8)16/h8H,3-7H2,1-2H3,(H,12,14,16). The first-order valence-corrected chi connectivity index (χ1v) is 5.81. The summed E-state index contributed by atoms with van der Waals surface area (Å²) in [5.41, 5.74) is 0. The molecule has 1 N–H and O–H groups in total. The molecule has 2 amide bonds. The van der Waals surface area contributed by atoms with Gasteiger partial charge >= 0.3 is 5.97 Å². The predicted octanol–water partition coefficient (Wildman–Crippen LogP) is -0.323. The zero-order chi connectivity index (χ0) is 12.8. The van der Waals surface area contributed by atoms with Gasteiger partial charge < -0.3 is 4.74 Å². The normalized spacial score (nSPS) is 19.6. The van der Waals surface area contributed by atoms with Crippen LogP contribution in [-0.2, 0) is 19.1 Å². The predicted molar refractivity (Wildman–Crippen MR) is 60.1 cm³/mol. The molecule has 1 unspecified atom stereocenters. The van der Waals surface area contributed by atoms with Crippen LogP contribution in [-0.4, -0.2) is 48.4 Å². The van der Waals surface area contributed by atoms with Gasteiger partial charge in [0.25, 0.3) is 0 Å². The molecule has 1 fully saturated rings. The van der Waals surface area contributed by atoms with E-state index in [1.807, 2.05) is 6.92 Å². The van der Waals surface area contributed by atoms with Crippen molar-refractivity contribution < 1.29 is 19.1 Å². The number of nitrogens with one attached hydrogen (secondary N) is 1. The molecule has 6 heteroatoms. The molecule has 1 aliphatic heterocycles. The summed E-state index contributed by atoms with van der Waals surface area (Å²) in [7, 11) is 0. The van der Waals surface area contributed by atoms with Crippen molar-refractivity contribution in [2.45, 2.75) is 32.7 Å². The summed E-state index contributed by atoms with van der Waals surface area (Å²) in [6.45, 7) is 4.63. The van der Waals surface area contributed by atoms with Gasteiger partial charge in [0.2, 0.25) is 11.8 Å². The fourth-order valence-electron chi connectivity index (χ4n) is 1.84. The Kier molecular flexibility index (Phi) is 5.09. The van der Waals surface area contributed by atoms with Gasteiger partial charge in [0.15, 0.2) is 0 Å². The minimum Gasteiger partial charge on any atom is -0.465 e. The number of nitrogens with zero attached hydrogens (tertiary/aromatic N) is 1. The summed E-state index contributed by atoms with van der Waals surface area (Å²) < 4.78 is 4.84. The van der Waals surface area contributed by atoms with Gasteiger partial charge in [-0.3, -0.25) is 24.6 Å². The number of carbonyl (C=O) groups excluding carboxylic acids is 3. The molecule has 1 heterocycles. The van der Waals surface area contributed by atoms with Crippen LogP contribution in [0.2, 0.25) is 0 Å². The summed E-state index contributed by atoms with van der Waals surface area (Å²) in [5, 5.41) is 2.24. The molecule has 1 atom stereocenters. The van der Waals surface area contributed by atoms with E-state index in [0.29, 0.717) is 13.2 Å². The summed E-state index contributed by atoms with van der Waals surface area (Å²) >= 11 is 0. The molecule has 96 valence electrons. The van der Waals surface area contributed by atoms with Crippen molar-refractivity contribution in [3.05, 3.63) is 0 Å². The second kappa shape index (κ2) is 6.34. The fourth-order valence-corrected chi connectivity index (χ4v) is 1.84. The van der Waals surface area contributed by atoms with Crippen molar-refractivity contribution in [3.8, 4) is 0 Å². The lowest BCUT2D eigenvalue weighted by Gasteiger charge is -2.24. The van der Waals surface area contributed by atoms with E-state index >= 15 is 0 Å². The summed E-state index contributed by atoms with van der Waals surface area (Å²) in [6, 6.07) is -0.535. The Labute approximate surface area is 100 Å². The summed E-state index contributed by atoms with van der Waals surface area (Å²) in [6.07, 6.45) is 0.926. The Hall–Kier alpha value is -1.43. The number of esters is 1. The lowest BCUT2D eigenvalue weighted by Crippen LogP contribution is -2.44. The molecule has 17 heavy (non-hydrogen) atoms. The number of hydrogen-bond donors (Lipinski definition) is 1. The van der Waals surface area contributed by atoms with Crippen molar-refractivity contribution >= 4 is 17.8 Å². The molecule has 0 spiro atoms. The molecule has 1 saturated heterocycles. The molecule has 0 bridgehead atoms. The number of rotatable bonds is 6. The molecule has 0 radical (unpaired) electrons. The number of imide groups is 1. The van der Waals surface area contributed by atoms with Crippen LogP contribution in [0.1, 0.15) is 26.7 Å². The van der Waals surface area contributed by atoms with Gasteiger partial charge in [-0.05, 0) is 19.9 Å². The Morgan fingerprint density at radius 2 is 2.18 bits per heavy atom. The molecule has 1 rings (SSSR count). The van der Waals surface area contributed by atoms with Gasteiger partial charge in [-0.1, -0.05) is 6.92 Å². The molecular weight excluding hydrogens is 224 g/mol. The average molecular weight is 242 g/mol. The zero-order valence-electron chi connectivity index (χ0n) is 10.2. The van der Waals surface area contributed by atoms with Crippen molar-refractivity contribution in [1.29, 1.82) is 0 Å². The van der Waals surface area contributed by atoms with Gasteiger partial charge in [-0.15, -0.1) is 0 Å². The minimum atomic E-state index is -0.535. The Morgan fingerprint density at radius 3 is 2.65 bits per heavy atom. The maximum Gasteiger partial charge on any atom is 0.320 e. The molecule has 0 aromatic rings. The van der Waals surface area contributed by atoms with Crippen LogP contribution < -0.4 is 5.32 Å². The van der Waals surface area contributed by atoms with E-state index in [4.69, 9.17) is 4.74 Å². The molecule has 6 nitrogen and oxygen atoms in total. The first kappa shape index (κ1) is 13.6. The third-order valence-electron chi connectivity index (χ3n) is 2.53. The van der Waals surface area contributed by atoms with Gasteiger partial charge in [0, 0.05) is 0 Å². The van der Waals surface area contributed by atoms with Gasteiger partial charge in [0.1, 0.15) is 0 Å². The number of ether oxygens (including phenoxy) is 1. The maximum absolute atomic E-state index is 11.5. The molecule has 0 aromatic heterocycles. The van der Waals surface area contributed by atoms with Crippen molar-refractivity contribution in [2.75, 3.05) is 19.7 Å². The highest BCUT2D eigenvalue weighted by molar-refractivity contribution is 6.05. The summed E-state index contributed by atoms with van der Waals surface area (Å²) in [5.74, 6) is -0.981. The van der Waals surface area contributed by atoms with Crippen LogP contribution in [0.15, 0.2) is 0 Å². The highest BCUT2D eigenvalue weighted by Gasteiger charge is 2.35. The van der Waals surface area contributed by atoms with E-state index in [1.165, 1.54) is 0 Å². The molecule has 0 aliphatic carbocycles. The van der Waals surface area contributed by atoms with Crippen LogP contribution in [0.5, 0.6) is 0 Å². The van der Waals surface area contributed by atoms with E-state index in [0.717, 1.165) is 6.42 Å². The molecular formula is C11H18N2O4. The number of carbonyl (C=O) groups is 3. The van der Waals surface area contributed by atoms with Crippen LogP contribution in [0.25, 0.3) is 0 Å². The second-order valence-electron chi connectivity index (χ2n) is 3.91. The van der Waals surface area contributed by atoms with Gasteiger partial charge in [-0.2, -0.15) is 0 Å². The monoisotopic (exact) mass is 242 g/mol. The molecule has 1 aliphatic rings. The third-order valence-corrected chi connectivity index (χ3v) is 2.53. The summed E-state index contributed by atoms with van der Waals surface area (Å²) in [4.78, 5) is 35.7. The van der Waals surface area contributed by atoms with E-state index < -0.39 is 6.04 Å². The number of amides is 2. The fraction of sp³-hybridized carbons (Fsp3) is 0.727. The van der Waals surface area contributed by atoms with E-state index in [2.05, 4.69) is 5.32 Å². The van der Waals surface area contributed by atoms with Crippen LogP contribution in [0.3, 0.4) is 0 Å². The smallest absolute Gasteiger partial charge is 0.320 e. The van der Waals surface area contributed by atoms with E-state index in [-0.39, 0.29) is 30.7 Å². The third kappa shape index (κ3) is 3.81. The van der Waals surface area contributed by atoms with E-state index in [1.54, 1.807) is 11.8 Å². The highest BCUT2D eigenvalue weighted by atomic mass is 16.5. The van der Waals surface area contributed by atoms with Crippen LogP contribution >= 0.6 is 0 Å². The Bertz CT molecular complexity index is 317. The van der Waals surface area contributed by atoms with Crippen molar-refractivity contribution in [1.82, 2.24) is 10.2 Å². The molecule has 0 saturated carbocycles. The van der Waals surface area contributed by atoms with Crippen molar-refractivity contribution in [3.63, 3.8) is 0 Å².